The quantitative estimate of drug-likeness (QED) is 0.356. The Labute approximate surface area is 207 Å². The van der Waals surface area contributed by atoms with Gasteiger partial charge in [0.1, 0.15) is 11.6 Å². The maximum atomic E-state index is 13.1. The first-order valence-electron chi connectivity index (χ1n) is 11.6. The van der Waals surface area contributed by atoms with Crippen molar-refractivity contribution in [2.45, 2.75) is 25.7 Å². The lowest BCUT2D eigenvalue weighted by Crippen LogP contribution is -2.41. The number of likely N-dealkylation sites (tertiary alicyclic amines) is 1. The molecule has 6 nitrogen and oxygen atoms in total. The van der Waals surface area contributed by atoms with Gasteiger partial charge in [-0.15, -0.1) is 11.3 Å². The van der Waals surface area contributed by atoms with Gasteiger partial charge in [-0.3, -0.25) is 19.5 Å². The molecule has 1 aliphatic heterocycles. The number of thiophene rings is 1. The lowest BCUT2D eigenvalue weighted by atomic mass is 9.79. The first kappa shape index (κ1) is 24.8. The molecule has 2 aromatic heterocycles. The fourth-order valence-corrected chi connectivity index (χ4v) is 5.32. The minimum absolute atomic E-state index is 0.0243. The molecular weight excluding hydrogens is 467 g/mol. The predicted molar refractivity (Wildman–Crippen MR) is 133 cm³/mol. The van der Waals surface area contributed by atoms with E-state index in [9.17, 15) is 19.1 Å². The highest BCUT2D eigenvalue weighted by atomic mass is 32.1. The summed E-state index contributed by atoms with van der Waals surface area (Å²) in [6.45, 7) is 1.91. The second-order valence-electron chi connectivity index (χ2n) is 8.78. The fourth-order valence-electron chi connectivity index (χ4n) is 4.70. The molecule has 0 spiro atoms. The van der Waals surface area contributed by atoms with Gasteiger partial charge < -0.3 is 9.84 Å². The van der Waals surface area contributed by atoms with Crippen LogP contribution in [0.4, 0.5) is 4.39 Å². The summed E-state index contributed by atoms with van der Waals surface area (Å²) in [5, 5.41) is 11.6. The van der Waals surface area contributed by atoms with Crippen molar-refractivity contribution in [3.63, 3.8) is 0 Å². The summed E-state index contributed by atoms with van der Waals surface area (Å²) < 4.78 is 18.4. The van der Waals surface area contributed by atoms with E-state index < -0.39 is 5.97 Å². The monoisotopic (exact) mass is 494 g/mol. The molecule has 3 heterocycles. The Kier molecular flexibility index (Phi) is 8.11. The van der Waals surface area contributed by atoms with E-state index in [0.717, 1.165) is 23.9 Å². The lowest BCUT2D eigenvalue weighted by Gasteiger charge is -2.37. The van der Waals surface area contributed by atoms with Crippen LogP contribution in [0, 0.1) is 29.5 Å². The van der Waals surface area contributed by atoms with E-state index in [1.165, 1.54) is 22.8 Å². The van der Waals surface area contributed by atoms with Crippen molar-refractivity contribution in [3.05, 3.63) is 58.2 Å². The van der Waals surface area contributed by atoms with Gasteiger partial charge in [0, 0.05) is 48.0 Å². The van der Waals surface area contributed by atoms with E-state index in [4.69, 9.17) is 4.74 Å². The van der Waals surface area contributed by atoms with Crippen molar-refractivity contribution in [2.75, 3.05) is 26.7 Å². The minimum Gasteiger partial charge on any atom is -0.497 e. The summed E-state index contributed by atoms with van der Waals surface area (Å²) in [6, 6.07) is 8.63. The molecule has 0 amide bonds. The van der Waals surface area contributed by atoms with Gasteiger partial charge in [-0.05, 0) is 55.5 Å². The number of pyridine rings is 1. The number of hydrogen-bond acceptors (Lipinski definition) is 6. The van der Waals surface area contributed by atoms with Crippen LogP contribution in [-0.2, 0) is 4.79 Å². The number of ether oxygens (including phenoxy) is 1. The van der Waals surface area contributed by atoms with Gasteiger partial charge in [0.25, 0.3) is 0 Å². The van der Waals surface area contributed by atoms with Gasteiger partial charge in [0.05, 0.1) is 24.0 Å². The van der Waals surface area contributed by atoms with E-state index in [-0.39, 0.29) is 29.9 Å². The van der Waals surface area contributed by atoms with Gasteiger partial charge in [-0.25, -0.2) is 4.39 Å². The van der Waals surface area contributed by atoms with Gasteiger partial charge in [0.2, 0.25) is 0 Å². The van der Waals surface area contributed by atoms with Crippen molar-refractivity contribution < 1.29 is 23.8 Å². The lowest BCUT2D eigenvalue weighted by molar-refractivity contribution is -0.139. The zero-order valence-electron chi connectivity index (χ0n) is 19.5. The second kappa shape index (κ2) is 11.4. The smallest absolute Gasteiger partial charge is 0.303 e. The summed E-state index contributed by atoms with van der Waals surface area (Å²) in [6.07, 6.45) is 3.50. The predicted octanol–water partition coefficient (Wildman–Crippen LogP) is 4.87. The minimum atomic E-state index is -0.833. The Balaban J connectivity index is 1.39. The topological polar surface area (TPSA) is 79.7 Å². The molecule has 0 radical (unpaired) electrons. The number of nitrogens with zero attached hydrogens (tertiary/aromatic N) is 2. The molecule has 35 heavy (non-hydrogen) atoms. The highest BCUT2D eigenvalue weighted by Crippen LogP contribution is 2.31. The Bertz CT molecular complexity index is 1280. The third-order valence-corrected chi connectivity index (χ3v) is 7.30. The molecule has 2 atom stereocenters. The van der Waals surface area contributed by atoms with Gasteiger partial charge in [-0.2, -0.15) is 0 Å². The molecule has 0 aliphatic carbocycles. The van der Waals surface area contributed by atoms with E-state index in [1.807, 2.05) is 18.2 Å². The maximum Gasteiger partial charge on any atom is 0.303 e. The third kappa shape index (κ3) is 6.44. The molecule has 3 aromatic rings. The van der Waals surface area contributed by atoms with Gasteiger partial charge in [0.15, 0.2) is 5.78 Å². The van der Waals surface area contributed by atoms with Crippen molar-refractivity contribution in [2.24, 2.45) is 11.8 Å². The van der Waals surface area contributed by atoms with E-state index in [1.54, 1.807) is 19.4 Å². The van der Waals surface area contributed by atoms with Crippen molar-refractivity contribution in [1.82, 2.24) is 9.88 Å². The average molecular weight is 495 g/mol. The number of rotatable bonds is 8. The van der Waals surface area contributed by atoms with Crippen molar-refractivity contribution >= 4 is 34.0 Å². The van der Waals surface area contributed by atoms with Gasteiger partial charge in [-0.1, -0.05) is 11.8 Å². The number of carbonyl (C=O) groups is 2. The number of hydrogen-bond donors (Lipinski definition) is 1. The first-order valence-corrected chi connectivity index (χ1v) is 12.4. The molecule has 1 fully saturated rings. The van der Waals surface area contributed by atoms with Crippen LogP contribution < -0.4 is 4.74 Å². The molecule has 4 rings (SSSR count). The van der Waals surface area contributed by atoms with Gasteiger partial charge >= 0.3 is 5.97 Å². The number of benzene rings is 1. The van der Waals surface area contributed by atoms with E-state index >= 15 is 0 Å². The summed E-state index contributed by atoms with van der Waals surface area (Å²) in [4.78, 5) is 31.8. The number of Topliss-reactive ketones (excluding diaryl/α,β-unsaturated/α-hetero) is 1. The summed E-state index contributed by atoms with van der Waals surface area (Å²) >= 11 is 1.27. The normalized spacial score (nSPS) is 18.1. The number of fused-ring (bicyclic) bond motifs is 1. The molecule has 182 valence electrons. The summed E-state index contributed by atoms with van der Waals surface area (Å²) in [5.41, 5.74) is 1.35. The first-order chi connectivity index (χ1) is 16.9. The van der Waals surface area contributed by atoms with Crippen LogP contribution in [0.1, 0.15) is 40.9 Å². The molecule has 8 heteroatoms. The second-order valence-corrected chi connectivity index (χ2v) is 9.69. The van der Waals surface area contributed by atoms with Crippen LogP contribution in [-0.4, -0.2) is 53.5 Å². The van der Waals surface area contributed by atoms with Crippen LogP contribution in [0.15, 0.2) is 41.9 Å². The van der Waals surface area contributed by atoms with Crippen molar-refractivity contribution in [3.8, 4) is 17.6 Å². The van der Waals surface area contributed by atoms with Crippen LogP contribution in [0.5, 0.6) is 5.75 Å². The number of carboxylic acids is 1. The zero-order valence-corrected chi connectivity index (χ0v) is 20.3. The van der Waals surface area contributed by atoms with Crippen LogP contribution in [0.2, 0.25) is 0 Å². The molecule has 1 saturated heterocycles. The molecule has 1 N–H and O–H groups in total. The number of ketones is 1. The Morgan fingerprint density at radius 1 is 1.29 bits per heavy atom. The van der Waals surface area contributed by atoms with Crippen LogP contribution >= 0.6 is 11.3 Å². The van der Waals surface area contributed by atoms with Crippen molar-refractivity contribution in [1.29, 1.82) is 0 Å². The Hall–Kier alpha value is -3.28. The largest absolute Gasteiger partial charge is 0.497 e. The van der Waals surface area contributed by atoms with E-state index in [2.05, 4.69) is 21.7 Å². The Morgan fingerprint density at radius 2 is 2.14 bits per heavy atom. The highest BCUT2D eigenvalue weighted by Gasteiger charge is 2.31. The maximum absolute atomic E-state index is 13.1. The number of methoxy groups -OCH3 is 1. The standard InChI is InChI=1S/C27H27FN2O4S/c1-34-21-5-6-25-24(15-21)23(8-10-29-25)26(31)7-4-18-9-12-30(16-19(18)13-27(32)33)11-2-3-22-14-20(28)17-35-22/h5-6,8,10,14-15,17-19H,4,7,9,11-13,16H2,1H3,(H,32,33)/t18-,19-/m1/s1. The molecule has 0 bridgehead atoms. The summed E-state index contributed by atoms with van der Waals surface area (Å²) in [7, 11) is 1.58. The third-order valence-electron chi connectivity index (χ3n) is 6.49. The molecule has 1 aliphatic rings. The molecule has 0 saturated carbocycles. The highest BCUT2D eigenvalue weighted by molar-refractivity contribution is 7.10. The fraction of sp³-hybridized carbons (Fsp3) is 0.370. The zero-order chi connectivity index (χ0) is 24.8. The number of halogens is 1. The SMILES string of the molecule is COc1ccc2nccc(C(=O)CC[C@@H]3CCN(CC#Cc4cc(F)cs4)C[C@H]3CC(=O)O)c2c1. The summed E-state index contributed by atoms with van der Waals surface area (Å²) in [5.74, 6) is 5.72. The van der Waals surface area contributed by atoms with Crippen LogP contribution in [0.3, 0.4) is 0 Å². The number of aromatic nitrogens is 1. The number of carbonyl (C=O) groups excluding carboxylic acids is 1. The molecule has 1 aromatic carbocycles. The van der Waals surface area contributed by atoms with E-state index in [0.29, 0.717) is 42.1 Å². The molecular formula is C27H27FN2O4S. The number of aliphatic carboxylic acids is 1. The number of carboxylic acid groups (broad SMARTS) is 1. The number of piperidine rings is 1. The average Bonchev–Trinajstić information content (AvgIpc) is 3.27. The Morgan fingerprint density at radius 3 is 2.89 bits per heavy atom. The molecule has 0 unspecified atom stereocenters. The van der Waals surface area contributed by atoms with Crippen LogP contribution in [0.25, 0.3) is 10.9 Å².